The lowest BCUT2D eigenvalue weighted by Crippen LogP contribution is -2.30. The van der Waals surface area contributed by atoms with E-state index in [1.165, 1.54) is 5.56 Å². The Bertz CT molecular complexity index is 554. The van der Waals surface area contributed by atoms with E-state index in [9.17, 15) is 0 Å². The standard InChI is InChI=1S/C15H21N3O2/c1-11(9-13-7-5-6-8-14(13)19-4)18(3)10-15-17-16-12(2)20-15/h5-8,11H,9-10H2,1-4H3/t11-/m1/s1. The zero-order valence-electron chi connectivity index (χ0n) is 12.5. The molecule has 0 radical (unpaired) electrons. The van der Waals surface area contributed by atoms with Crippen LogP contribution in [0.3, 0.4) is 0 Å². The van der Waals surface area contributed by atoms with Gasteiger partial charge in [0.05, 0.1) is 13.7 Å². The van der Waals surface area contributed by atoms with Crippen LogP contribution < -0.4 is 4.74 Å². The van der Waals surface area contributed by atoms with Gasteiger partial charge in [0, 0.05) is 13.0 Å². The molecule has 5 nitrogen and oxygen atoms in total. The number of hydrogen-bond acceptors (Lipinski definition) is 5. The summed E-state index contributed by atoms with van der Waals surface area (Å²) in [6.07, 6.45) is 0.910. The molecule has 0 saturated heterocycles. The van der Waals surface area contributed by atoms with Crippen LogP contribution in [-0.4, -0.2) is 35.3 Å². The number of hydrogen-bond donors (Lipinski definition) is 0. The van der Waals surface area contributed by atoms with Crippen molar-refractivity contribution in [2.75, 3.05) is 14.2 Å². The summed E-state index contributed by atoms with van der Waals surface area (Å²) in [6, 6.07) is 8.45. The van der Waals surface area contributed by atoms with Crippen LogP contribution in [0.2, 0.25) is 0 Å². The molecule has 0 N–H and O–H groups in total. The van der Waals surface area contributed by atoms with E-state index in [1.807, 2.05) is 18.2 Å². The van der Waals surface area contributed by atoms with Crippen molar-refractivity contribution in [3.63, 3.8) is 0 Å². The Kier molecular flexibility index (Phi) is 4.74. The van der Waals surface area contributed by atoms with Crippen LogP contribution >= 0.6 is 0 Å². The number of likely N-dealkylation sites (N-methyl/N-ethyl adjacent to an activating group) is 1. The minimum Gasteiger partial charge on any atom is -0.496 e. The summed E-state index contributed by atoms with van der Waals surface area (Å²) in [4.78, 5) is 2.19. The molecule has 0 unspecified atom stereocenters. The second kappa shape index (κ2) is 6.52. The molecule has 5 heteroatoms. The molecule has 20 heavy (non-hydrogen) atoms. The van der Waals surface area contributed by atoms with Crippen LogP contribution in [0.5, 0.6) is 5.75 Å². The van der Waals surface area contributed by atoms with Crippen molar-refractivity contribution in [2.45, 2.75) is 32.9 Å². The van der Waals surface area contributed by atoms with E-state index in [2.05, 4.69) is 35.1 Å². The number of nitrogens with zero attached hydrogens (tertiary/aromatic N) is 3. The maximum Gasteiger partial charge on any atom is 0.230 e. The van der Waals surface area contributed by atoms with Gasteiger partial charge in [-0.05, 0) is 32.0 Å². The van der Waals surface area contributed by atoms with Gasteiger partial charge in [-0.25, -0.2) is 0 Å². The Labute approximate surface area is 119 Å². The zero-order chi connectivity index (χ0) is 14.5. The lowest BCUT2D eigenvalue weighted by Gasteiger charge is -2.23. The fourth-order valence-corrected chi connectivity index (χ4v) is 2.12. The minimum atomic E-state index is 0.346. The molecule has 0 aliphatic rings. The highest BCUT2D eigenvalue weighted by molar-refractivity contribution is 5.33. The quantitative estimate of drug-likeness (QED) is 0.810. The summed E-state index contributed by atoms with van der Waals surface area (Å²) in [5, 5.41) is 7.87. The number of para-hydroxylation sites is 1. The van der Waals surface area contributed by atoms with E-state index in [1.54, 1.807) is 14.0 Å². The van der Waals surface area contributed by atoms with Crippen molar-refractivity contribution in [3.8, 4) is 5.75 Å². The zero-order valence-corrected chi connectivity index (χ0v) is 12.5. The van der Waals surface area contributed by atoms with Gasteiger partial charge in [0.15, 0.2) is 0 Å². The second-order valence-corrected chi connectivity index (χ2v) is 4.99. The second-order valence-electron chi connectivity index (χ2n) is 4.99. The van der Waals surface area contributed by atoms with Crippen LogP contribution in [0.25, 0.3) is 0 Å². The first-order valence-electron chi connectivity index (χ1n) is 6.71. The van der Waals surface area contributed by atoms with Gasteiger partial charge in [0.25, 0.3) is 0 Å². The van der Waals surface area contributed by atoms with Crippen LogP contribution in [0.15, 0.2) is 28.7 Å². The summed E-state index contributed by atoms with van der Waals surface area (Å²) >= 11 is 0. The highest BCUT2D eigenvalue weighted by Crippen LogP contribution is 2.20. The van der Waals surface area contributed by atoms with E-state index in [4.69, 9.17) is 9.15 Å². The predicted octanol–water partition coefficient (Wildman–Crippen LogP) is 2.45. The molecule has 2 rings (SSSR count). The average Bonchev–Trinajstić information content (AvgIpc) is 2.84. The van der Waals surface area contributed by atoms with E-state index in [0.29, 0.717) is 24.4 Å². The molecule has 0 saturated carbocycles. The van der Waals surface area contributed by atoms with Gasteiger partial charge in [0.2, 0.25) is 11.8 Å². The van der Waals surface area contributed by atoms with Crippen LogP contribution in [0, 0.1) is 6.92 Å². The molecular weight excluding hydrogens is 254 g/mol. The van der Waals surface area contributed by atoms with Crippen molar-refractivity contribution in [1.29, 1.82) is 0 Å². The lowest BCUT2D eigenvalue weighted by atomic mass is 10.1. The number of methoxy groups -OCH3 is 1. The summed E-state index contributed by atoms with van der Waals surface area (Å²) < 4.78 is 10.8. The Morgan fingerprint density at radius 2 is 2.05 bits per heavy atom. The van der Waals surface area contributed by atoms with Crippen LogP contribution in [-0.2, 0) is 13.0 Å². The number of rotatable bonds is 6. The van der Waals surface area contributed by atoms with Crippen LogP contribution in [0.4, 0.5) is 0 Å². The van der Waals surface area contributed by atoms with Gasteiger partial charge in [0.1, 0.15) is 5.75 Å². The summed E-state index contributed by atoms with van der Waals surface area (Å²) in [5.74, 6) is 2.18. The van der Waals surface area contributed by atoms with Gasteiger partial charge in [-0.2, -0.15) is 0 Å². The minimum absolute atomic E-state index is 0.346. The van der Waals surface area contributed by atoms with Gasteiger partial charge >= 0.3 is 0 Å². The number of ether oxygens (including phenoxy) is 1. The Morgan fingerprint density at radius 3 is 2.70 bits per heavy atom. The van der Waals surface area contributed by atoms with Crippen molar-refractivity contribution in [3.05, 3.63) is 41.6 Å². The average molecular weight is 275 g/mol. The van der Waals surface area contributed by atoms with Crippen LogP contribution in [0.1, 0.15) is 24.3 Å². The third-order valence-electron chi connectivity index (χ3n) is 3.41. The van der Waals surface area contributed by atoms with Gasteiger partial charge < -0.3 is 9.15 Å². The molecule has 1 atom stereocenters. The maximum atomic E-state index is 5.41. The molecular formula is C15H21N3O2. The largest absolute Gasteiger partial charge is 0.496 e. The molecule has 0 aliphatic carbocycles. The molecule has 108 valence electrons. The first-order chi connectivity index (χ1) is 9.60. The first-order valence-corrected chi connectivity index (χ1v) is 6.71. The maximum absolute atomic E-state index is 5.41. The summed E-state index contributed by atoms with van der Waals surface area (Å²) in [7, 11) is 3.76. The SMILES string of the molecule is COc1ccccc1C[C@@H](C)N(C)Cc1nnc(C)o1. The van der Waals surface area contributed by atoms with E-state index < -0.39 is 0 Å². The molecule has 0 spiro atoms. The summed E-state index contributed by atoms with van der Waals surface area (Å²) in [6.45, 7) is 4.63. The first kappa shape index (κ1) is 14.5. The van der Waals surface area contributed by atoms with Gasteiger partial charge in [-0.1, -0.05) is 18.2 Å². The number of benzene rings is 1. The number of aryl methyl sites for hydroxylation is 1. The molecule has 0 amide bonds. The van der Waals surface area contributed by atoms with Gasteiger partial charge in [-0.3, -0.25) is 4.90 Å². The summed E-state index contributed by atoms with van der Waals surface area (Å²) in [5.41, 5.74) is 1.20. The third-order valence-corrected chi connectivity index (χ3v) is 3.41. The Morgan fingerprint density at radius 1 is 1.30 bits per heavy atom. The molecule has 1 aromatic carbocycles. The number of aromatic nitrogens is 2. The van der Waals surface area contributed by atoms with Crippen molar-refractivity contribution in [2.24, 2.45) is 0 Å². The molecule has 1 aromatic heterocycles. The van der Waals surface area contributed by atoms with Crippen molar-refractivity contribution >= 4 is 0 Å². The molecule has 0 aliphatic heterocycles. The normalized spacial score (nSPS) is 12.7. The highest BCUT2D eigenvalue weighted by atomic mass is 16.5. The highest BCUT2D eigenvalue weighted by Gasteiger charge is 2.15. The Hall–Kier alpha value is -1.88. The van der Waals surface area contributed by atoms with E-state index >= 15 is 0 Å². The molecule has 1 heterocycles. The predicted molar refractivity (Wildman–Crippen MR) is 76.7 cm³/mol. The van der Waals surface area contributed by atoms with E-state index in [0.717, 1.165) is 12.2 Å². The smallest absolute Gasteiger partial charge is 0.230 e. The third kappa shape index (κ3) is 3.57. The Balaban J connectivity index is 1.98. The molecule has 0 fully saturated rings. The molecule has 2 aromatic rings. The van der Waals surface area contributed by atoms with Crippen molar-refractivity contribution < 1.29 is 9.15 Å². The fourth-order valence-electron chi connectivity index (χ4n) is 2.12. The lowest BCUT2D eigenvalue weighted by molar-refractivity contribution is 0.222. The van der Waals surface area contributed by atoms with Crippen molar-refractivity contribution in [1.82, 2.24) is 15.1 Å². The monoisotopic (exact) mass is 275 g/mol. The molecule has 0 bridgehead atoms. The fraction of sp³-hybridized carbons (Fsp3) is 0.467. The topological polar surface area (TPSA) is 51.4 Å². The van der Waals surface area contributed by atoms with Gasteiger partial charge in [-0.15, -0.1) is 10.2 Å². The van der Waals surface area contributed by atoms with E-state index in [-0.39, 0.29) is 0 Å².